The van der Waals surface area contributed by atoms with E-state index in [-0.39, 0.29) is 35.1 Å². The molecule has 0 spiro atoms. The number of rotatable bonds is 10. The van der Waals surface area contributed by atoms with Crippen LogP contribution in [0.15, 0.2) is 42.5 Å². The average molecular weight is 488 g/mol. The number of ether oxygens (including phenoxy) is 2. The summed E-state index contributed by atoms with van der Waals surface area (Å²) in [6.07, 6.45) is 1.29. The number of carbonyl (C=O) groups excluding carboxylic acids is 3. The number of amides is 1. The van der Waals surface area contributed by atoms with Crippen LogP contribution in [0.4, 0.5) is 5.69 Å². The lowest BCUT2D eigenvalue weighted by molar-refractivity contribution is -0.942. The highest BCUT2D eigenvalue weighted by Gasteiger charge is 2.65. The van der Waals surface area contributed by atoms with Gasteiger partial charge in [0.15, 0.2) is 12.1 Å². The molecule has 0 aliphatic heterocycles. The maximum atomic E-state index is 13.7. The van der Waals surface area contributed by atoms with Crippen molar-refractivity contribution in [1.82, 2.24) is 0 Å². The van der Waals surface area contributed by atoms with Crippen molar-refractivity contribution in [2.75, 3.05) is 32.1 Å². The van der Waals surface area contributed by atoms with Gasteiger partial charge in [-0.2, -0.15) is 0 Å². The zero-order valence-electron chi connectivity index (χ0n) is 20.2. The van der Waals surface area contributed by atoms with Crippen LogP contribution < -0.4 is 5.32 Å². The van der Waals surface area contributed by atoms with Crippen molar-refractivity contribution >= 4 is 35.1 Å². The Labute approximate surface area is 205 Å². The third-order valence-corrected chi connectivity index (χ3v) is 7.10. The summed E-state index contributed by atoms with van der Waals surface area (Å²) in [5.41, 5.74) is 1.38. The van der Waals surface area contributed by atoms with Gasteiger partial charge in [-0.15, -0.1) is 0 Å². The number of halogens is 1. The molecule has 2 aromatic carbocycles. The molecular formula is C26H32ClN2O5+. The van der Waals surface area contributed by atoms with Crippen LogP contribution in [-0.4, -0.2) is 54.6 Å². The second kappa shape index (κ2) is 10.6. The summed E-state index contributed by atoms with van der Waals surface area (Å²) in [6, 6.07) is 12.7. The lowest BCUT2D eigenvalue weighted by Crippen LogP contribution is -2.64. The predicted octanol–water partition coefficient (Wildman–Crippen LogP) is 4.51. The second-order valence-corrected chi connectivity index (χ2v) is 9.14. The van der Waals surface area contributed by atoms with Crippen molar-refractivity contribution in [2.45, 2.75) is 45.8 Å². The van der Waals surface area contributed by atoms with Crippen LogP contribution in [-0.2, 0) is 25.7 Å². The van der Waals surface area contributed by atoms with E-state index in [2.05, 4.69) is 5.32 Å². The maximum Gasteiger partial charge on any atom is 0.362 e. The first-order chi connectivity index (χ1) is 16.2. The maximum absolute atomic E-state index is 13.7. The van der Waals surface area contributed by atoms with Crippen molar-refractivity contribution in [3.05, 3.63) is 64.2 Å². The van der Waals surface area contributed by atoms with Crippen LogP contribution in [0, 0.1) is 6.92 Å². The van der Waals surface area contributed by atoms with Crippen molar-refractivity contribution in [1.29, 1.82) is 0 Å². The highest BCUT2D eigenvalue weighted by molar-refractivity contribution is 6.31. The molecule has 0 bridgehead atoms. The van der Waals surface area contributed by atoms with E-state index in [0.717, 1.165) is 5.56 Å². The number of hydrogen-bond donors (Lipinski definition) is 1. The minimum atomic E-state index is -0.769. The van der Waals surface area contributed by atoms with Gasteiger partial charge < -0.3 is 19.3 Å². The Morgan fingerprint density at radius 2 is 1.74 bits per heavy atom. The monoisotopic (exact) mass is 487 g/mol. The number of nitrogens with one attached hydrogen (secondary N) is 1. The first kappa shape index (κ1) is 25.7. The number of esters is 2. The highest BCUT2D eigenvalue weighted by Crippen LogP contribution is 2.48. The van der Waals surface area contributed by atoms with Gasteiger partial charge in [0.1, 0.15) is 6.61 Å². The van der Waals surface area contributed by atoms with E-state index in [1.807, 2.05) is 44.2 Å². The molecule has 1 N–H and O–H groups in total. The molecule has 0 radical (unpaired) electrons. The number of quaternary nitrogens is 1. The van der Waals surface area contributed by atoms with Gasteiger partial charge in [-0.1, -0.05) is 41.9 Å². The Morgan fingerprint density at radius 3 is 2.29 bits per heavy atom. The molecule has 34 heavy (non-hydrogen) atoms. The fourth-order valence-corrected chi connectivity index (χ4v) is 4.95. The number of carbonyl (C=O) groups is 3. The fraction of sp³-hybridized carbons (Fsp3) is 0.423. The first-order valence-corrected chi connectivity index (χ1v) is 11.9. The molecule has 0 atom stereocenters. The molecule has 8 heteroatoms. The van der Waals surface area contributed by atoms with Gasteiger partial charge in [-0.05, 0) is 44.0 Å². The number of benzene rings is 2. The topological polar surface area (TPSA) is 81.7 Å². The predicted molar refractivity (Wildman–Crippen MR) is 131 cm³/mol. The standard InChI is InChI=1S/C26H31ClN2O5/c1-5-29(6-2,16-22(30)34-17-19-10-8-7-9-11-19)26(12-13-26)25(32)28-23-18(3)14-20(27)15-21(23)24(31)33-4/h7-11,14-15H,5-6,12-13,16-17H2,1-4H3/p+1. The van der Waals surface area contributed by atoms with E-state index >= 15 is 0 Å². The zero-order chi connectivity index (χ0) is 24.9. The molecule has 0 aromatic heterocycles. The summed E-state index contributed by atoms with van der Waals surface area (Å²) < 4.78 is 10.7. The van der Waals surface area contributed by atoms with Gasteiger partial charge in [-0.25, -0.2) is 9.59 Å². The Bertz CT molecular complexity index is 1060. The van der Waals surface area contributed by atoms with Gasteiger partial charge in [0.2, 0.25) is 0 Å². The highest BCUT2D eigenvalue weighted by atomic mass is 35.5. The van der Waals surface area contributed by atoms with Crippen LogP contribution in [0.5, 0.6) is 0 Å². The summed E-state index contributed by atoms with van der Waals surface area (Å²) in [5.74, 6) is -1.14. The molecule has 0 unspecified atom stereocenters. The molecule has 0 heterocycles. The smallest absolute Gasteiger partial charge is 0.362 e. The van der Waals surface area contributed by atoms with E-state index in [4.69, 9.17) is 21.1 Å². The zero-order valence-corrected chi connectivity index (χ0v) is 20.9. The molecule has 2 aromatic rings. The van der Waals surface area contributed by atoms with Crippen molar-refractivity contribution < 1.29 is 28.3 Å². The van der Waals surface area contributed by atoms with Gasteiger partial charge in [-0.3, -0.25) is 4.79 Å². The molecule has 0 saturated heterocycles. The molecular weight excluding hydrogens is 456 g/mol. The minimum Gasteiger partial charge on any atom is -0.465 e. The summed E-state index contributed by atoms with van der Waals surface area (Å²) in [5, 5.41) is 3.34. The lowest BCUT2D eigenvalue weighted by atomic mass is 10.0. The summed E-state index contributed by atoms with van der Waals surface area (Å²) >= 11 is 6.14. The molecule has 182 valence electrons. The lowest BCUT2D eigenvalue weighted by Gasteiger charge is -2.42. The normalized spacial score (nSPS) is 14.3. The average Bonchev–Trinajstić information content (AvgIpc) is 3.65. The van der Waals surface area contributed by atoms with Crippen molar-refractivity contribution in [2.24, 2.45) is 0 Å². The van der Waals surface area contributed by atoms with Crippen LogP contribution in [0.2, 0.25) is 5.02 Å². The van der Waals surface area contributed by atoms with E-state index in [9.17, 15) is 14.4 Å². The summed E-state index contributed by atoms with van der Waals surface area (Å²) in [6.45, 7) is 7.21. The molecule has 1 aliphatic rings. The Morgan fingerprint density at radius 1 is 1.09 bits per heavy atom. The van der Waals surface area contributed by atoms with Gasteiger partial charge in [0.05, 0.1) is 31.5 Å². The molecule has 1 fully saturated rings. The van der Waals surface area contributed by atoms with Crippen LogP contribution in [0.1, 0.15) is 48.2 Å². The summed E-state index contributed by atoms with van der Waals surface area (Å²) in [4.78, 5) is 38.8. The van der Waals surface area contributed by atoms with Crippen molar-refractivity contribution in [3.8, 4) is 0 Å². The van der Waals surface area contributed by atoms with Gasteiger partial charge in [0.25, 0.3) is 5.91 Å². The number of aryl methyl sites for hydroxylation is 1. The number of methoxy groups -OCH3 is 1. The SMILES string of the molecule is CC[N+](CC)(CC(=O)OCc1ccccc1)C1(C(=O)Nc2c(C)cc(Cl)cc2C(=O)OC)CC1. The van der Waals surface area contributed by atoms with Gasteiger partial charge in [0, 0.05) is 17.9 Å². The first-order valence-electron chi connectivity index (χ1n) is 11.5. The minimum absolute atomic E-state index is 0.0940. The molecule has 1 aliphatic carbocycles. The Balaban J connectivity index is 1.82. The number of nitrogens with zero attached hydrogens (tertiary/aromatic N) is 1. The molecule has 1 amide bonds. The third kappa shape index (κ3) is 5.10. The quantitative estimate of drug-likeness (QED) is 0.394. The van der Waals surface area contributed by atoms with Crippen LogP contribution >= 0.6 is 11.6 Å². The molecule has 1 saturated carbocycles. The Kier molecular flexibility index (Phi) is 8.00. The van der Waals surface area contributed by atoms with E-state index in [1.165, 1.54) is 13.2 Å². The van der Waals surface area contributed by atoms with Gasteiger partial charge >= 0.3 is 11.9 Å². The van der Waals surface area contributed by atoms with E-state index in [0.29, 0.717) is 42.2 Å². The van der Waals surface area contributed by atoms with E-state index in [1.54, 1.807) is 13.0 Å². The number of likely N-dealkylation sites (N-methyl/N-ethyl adjacent to an activating group) is 1. The largest absolute Gasteiger partial charge is 0.465 e. The van der Waals surface area contributed by atoms with E-state index < -0.39 is 11.5 Å². The third-order valence-electron chi connectivity index (χ3n) is 6.88. The second-order valence-electron chi connectivity index (χ2n) is 8.70. The number of anilines is 1. The fourth-order valence-electron chi connectivity index (χ4n) is 4.68. The number of hydrogen-bond acceptors (Lipinski definition) is 5. The Hall–Kier alpha value is -2.90. The van der Waals surface area contributed by atoms with Crippen LogP contribution in [0.25, 0.3) is 0 Å². The molecule has 3 rings (SSSR count). The molecule has 7 nitrogen and oxygen atoms in total. The van der Waals surface area contributed by atoms with Crippen molar-refractivity contribution in [3.63, 3.8) is 0 Å². The van der Waals surface area contributed by atoms with Crippen LogP contribution in [0.3, 0.4) is 0 Å². The summed E-state index contributed by atoms with van der Waals surface area (Å²) in [7, 11) is 1.28.